The Hall–Kier alpha value is -2.70. The van der Waals surface area contributed by atoms with Crippen LogP contribution in [0.5, 0.6) is 0 Å². The molecular weight excluding hydrogens is 288 g/mol. The lowest BCUT2D eigenvalue weighted by molar-refractivity contribution is -0.144. The van der Waals surface area contributed by atoms with Gasteiger partial charge in [0, 0.05) is 0 Å². The summed E-state index contributed by atoms with van der Waals surface area (Å²) >= 11 is 0. The topological polar surface area (TPSA) is 92.8 Å². The van der Waals surface area contributed by atoms with Crippen LogP contribution in [0.2, 0.25) is 0 Å². The molecule has 1 heterocycles. The second kappa shape index (κ2) is 5.97. The van der Waals surface area contributed by atoms with Gasteiger partial charge in [-0.1, -0.05) is 12.1 Å². The number of ether oxygens (including phenoxy) is 1. The Morgan fingerprint density at radius 1 is 1.09 bits per heavy atom. The minimum Gasteiger partial charge on any atom is -0.467 e. The Bertz CT molecular complexity index is 620. The van der Waals surface area contributed by atoms with E-state index in [0.29, 0.717) is 0 Å². The number of nitrogens with one attached hydrogen (secondary N) is 1. The standard InChI is InChI=1S/C15H16N2O5/c1-8(15(21)22-3)16-12(18)9(2)17-13(19)10-6-4-5-7-11(10)14(17)20/h4-9H,1-3H3,(H,16,18)/t8-,9-/m0/s1. The van der Waals surface area contributed by atoms with Crippen LogP contribution < -0.4 is 5.32 Å². The highest BCUT2D eigenvalue weighted by Gasteiger charge is 2.40. The predicted octanol–water partition coefficient (Wildman–Crippen LogP) is 0.349. The number of methoxy groups -OCH3 is 1. The van der Waals surface area contributed by atoms with Crippen molar-refractivity contribution in [3.63, 3.8) is 0 Å². The third kappa shape index (κ3) is 2.57. The summed E-state index contributed by atoms with van der Waals surface area (Å²) in [5, 5.41) is 2.42. The van der Waals surface area contributed by atoms with Gasteiger partial charge in [0.25, 0.3) is 11.8 Å². The van der Waals surface area contributed by atoms with Crippen molar-refractivity contribution < 1.29 is 23.9 Å². The van der Waals surface area contributed by atoms with Crippen LogP contribution in [0.25, 0.3) is 0 Å². The van der Waals surface area contributed by atoms with Crippen LogP contribution in [0.15, 0.2) is 24.3 Å². The average molecular weight is 304 g/mol. The molecule has 1 aromatic carbocycles. The molecule has 0 saturated carbocycles. The van der Waals surface area contributed by atoms with Crippen molar-refractivity contribution in [3.8, 4) is 0 Å². The number of benzene rings is 1. The zero-order valence-corrected chi connectivity index (χ0v) is 12.5. The number of rotatable bonds is 4. The summed E-state index contributed by atoms with van der Waals surface area (Å²) in [4.78, 5) is 48.9. The number of hydrogen-bond acceptors (Lipinski definition) is 5. The highest BCUT2D eigenvalue weighted by Crippen LogP contribution is 2.24. The van der Waals surface area contributed by atoms with Crippen LogP contribution in [-0.4, -0.2) is 47.8 Å². The van der Waals surface area contributed by atoms with Gasteiger partial charge in [-0.2, -0.15) is 0 Å². The van der Waals surface area contributed by atoms with Gasteiger partial charge in [-0.25, -0.2) is 4.79 Å². The van der Waals surface area contributed by atoms with Crippen LogP contribution in [0.4, 0.5) is 0 Å². The fourth-order valence-corrected chi connectivity index (χ4v) is 2.25. The molecule has 0 aromatic heterocycles. The highest BCUT2D eigenvalue weighted by atomic mass is 16.5. The zero-order valence-electron chi connectivity index (χ0n) is 12.5. The maximum Gasteiger partial charge on any atom is 0.328 e. The predicted molar refractivity (Wildman–Crippen MR) is 76.0 cm³/mol. The van der Waals surface area contributed by atoms with Crippen LogP contribution in [0, 0.1) is 0 Å². The highest BCUT2D eigenvalue weighted by molar-refractivity contribution is 6.22. The number of fused-ring (bicyclic) bond motifs is 1. The van der Waals surface area contributed by atoms with E-state index in [-0.39, 0.29) is 11.1 Å². The minimum absolute atomic E-state index is 0.271. The molecule has 0 radical (unpaired) electrons. The normalized spacial score (nSPS) is 16.0. The van der Waals surface area contributed by atoms with Crippen molar-refractivity contribution in [1.29, 1.82) is 0 Å². The van der Waals surface area contributed by atoms with Gasteiger partial charge in [-0.05, 0) is 26.0 Å². The van der Waals surface area contributed by atoms with E-state index in [0.717, 1.165) is 4.90 Å². The fraction of sp³-hybridized carbons (Fsp3) is 0.333. The fourth-order valence-electron chi connectivity index (χ4n) is 2.25. The van der Waals surface area contributed by atoms with Gasteiger partial charge >= 0.3 is 5.97 Å². The lowest BCUT2D eigenvalue weighted by Gasteiger charge is -2.23. The third-order valence-corrected chi connectivity index (χ3v) is 3.51. The van der Waals surface area contributed by atoms with Crippen molar-refractivity contribution in [2.45, 2.75) is 25.9 Å². The summed E-state index contributed by atoms with van der Waals surface area (Å²) in [6.07, 6.45) is 0. The summed E-state index contributed by atoms with van der Waals surface area (Å²) in [6.45, 7) is 2.89. The van der Waals surface area contributed by atoms with E-state index < -0.39 is 35.8 Å². The summed E-state index contributed by atoms with van der Waals surface area (Å²) in [5.74, 6) is -2.25. The first kappa shape index (κ1) is 15.7. The first-order valence-corrected chi connectivity index (χ1v) is 6.73. The number of carbonyl (C=O) groups excluding carboxylic acids is 4. The van der Waals surface area contributed by atoms with E-state index >= 15 is 0 Å². The molecular formula is C15H16N2O5. The maximum absolute atomic E-state index is 12.3. The summed E-state index contributed by atoms with van der Waals surface area (Å²) in [6, 6.07) is 4.48. The minimum atomic E-state index is -1.03. The molecule has 0 saturated heterocycles. The lowest BCUT2D eigenvalue weighted by atomic mass is 10.1. The molecule has 1 aromatic rings. The van der Waals surface area contributed by atoms with Crippen molar-refractivity contribution in [2.75, 3.05) is 7.11 Å². The Morgan fingerprint density at radius 2 is 1.59 bits per heavy atom. The van der Waals surface area contributed by atoms with Crippen LogP contribution in [-0.2, 0) is 14.3 Å². The molecule has 7 nitrogen and oxygen atoms in total. The van der Waals surface area contributed by atoms with Crippen molar-refractivity contribution in [1.82, 2.24) is 10.2 Å². The molecule has 7 heteroatoms. The average Bonchev–Trinajstić information content (AvgIpc) is 2.77. The molecule has 0 spiro atoms. The molecule has 1 aliphatic rings. The van der Waals surface area contributed by atoms with Gasteiger partial charge in [0.15, 0.2) is 0 Å². The summed E-state index contributed by atoms with van der Waals surface area (Å²) in [5.41, 5.74) is 0.543. The van der Waals surface area contributed by atoms with Crippen LogP contribution in [0.1, 0.15) is 34.6 Å². The number of esters is 1. The number of nitrogens with zero attached hydrogens (tertiary/aromatic N) is 1. The number of hydrogen-bond donors (Lipinski definition) is 1. The van der Waals surface area contributed by atoms with Crippen molar-refractivity contribution in [2.24, 2.45) is 0 Å². The van der Waals surface area contributed by atoms with Gasteiger partial charge in [0.2, 0.25) is 5.91 Å². The van der Waals surface area contributed by atoms with E-state index in [9.17, 15) is 19.2 Å². The second-order valence-electron chi connectivity index (χ2n) is 4.96. The molecule has 1 N–H and O–H groups in total. The largest absolute Gasteiger partial charge is 0.467 e. The molecule has 0 aliphatic carbocycles. The first-order chi connectivity index (χ1) is 10.4. The molecule has 2 rings (SSSR count). The Kier molecular flexibility index (Phi) is 4.25. The van der Waals surface area contributed by atoms with Crippen molar-refractivity contribution >= 4 is 23.7 Å². The molecule has 1 aliphatic heterocycles. The molecule has 2 atom stereocenters. The maximum atomic E-state index is 12.3. The van der Waals surface area contributed by atoms with E-state index in [1.54, 1.807) is 12.1 Å². The second-order valence-corrected chi connectivity index (χ2v) is 4.96. The molecule has 22 heavy (non-hydrogen) atoms. The SMILES string of the molecule is COC(=O)[C@H](C)NC(=O)[C@H](C)N1C(=O)c2ccccc2C1=O. The molecule has 116 valence electrons. The number of amides is 3. The van der Waals surface area contributed by atoms with Crippen LogP contribution in [0.3, 0.4) is 0 Å². The summed E-state index contributed by atoms with van der Waals surface area (Å²) in [7, 11) is 1.21. The van der Waals surface area contributed by atoms with Gasteiger partial charge < -0.3 is 10.1 Å². The number of imide groups is 1. The van der Waals surface area contributed by atoms with E-state index in [4.69, 9.17) is 0 Å². The molecule has 0 fully saturated rings. The quantitative estimate of drug-likeness (QED) is 0.640. The van der Waals surface area contributed by atoms with Gasteiger partial charge in [0.1, 0.15) is 12.1 Å². The van der Waals surface area contributed by atoms with Gasteiger partial charge in [-0.15, -0.1) is 0 Å². The monoisotopic (exact) mass is 304 g/mol. The molecule has 0 unspecified atom stereocenters. The molecule has 3 amide bonds. The Morgan fingerprint density at radius 3 is 2.05 bits per heavy atom. The first-order valence-electron chi connectivity index (χ1n) is 6.73. The zero-order chi connectivity index (χ0) is 16.4. The van der Waals surface area contributed by atoms with E-state index in [1.165, 1.54) is 33.1 Å². The third-order valence-electron chi connectivity index (χ3n) is 3.51. The van der Waals surface area contributed by atoms with Crippen molar-refractivity contribution in [3.05, 3.63) is 35.4 Å². The Balaban J connectivity index is 2.16. The Labute approximate surface area is 127 Å². The molecule has 0 bridgehead atoms. The lowest BCUT2D eigenvalue weighted by Crippen LogP contribution is -2.51. The van der Waals surface area contributed by atoms with E-state index in [2.05, 4.69) is 10.1 Å². The van der Waals surface area contributed by atoms with E-state index in [1.807, 2.05) is 0 Å². The number of carbonyl (C=O) groups is 4. The van der Waals surface area contributed by atoms with Gasteiger partial charge in [-0.3, -0.25) is 19.3 Å². The summed E-state index contributed by atoms with van der Waals surface area (Å²) < 4.78 is 4.51. The van der Waals surface area contributed by atoms with Crippen LogP contribution >= 0.6 is 0 Å². The smallest absolute Gasteiger partial charge is 0.328 e. The van der Waals surface area contributed by atoms with Gasteiger partial charge in [0.05, 0.1) is 18.2 Å².